The van der Waals surface area contributed by atoms with Crippen LogP contribution in [0.3, 0.4) is 0 Å². The first kappa shape index (κ1) is 12.0. The van der Waals surface area contributed by atoms with Gasteiger partial charge in [-0.2, -0.15) is 0 Å². The molecule has 0 amide bonds. The Hall–Kier alpha value is -2.11. The van der Waals surface area contributed by atoms with Gasteiger partial charge in [0.25, 0.3) is 0 Å². The van der Waals surface area contributed by atoms with E-state index in [9.17, 15) is 14.4 Å². The Morgan fingerprint density at radius 2 is 2.12 bits per heavy atom. The van der Waals surface area contributed by atoms with Crippen LogP contribution in [0.1, 0.15) is 29.2 Å². The summed E-state index contributed by atoms with van der Waals surface area (Å²) in [5.41, 5.74) is 0. The first-order valence-electron chi connectivity index (χ1n) is 4.53. The Balaban J connectivity index is 2.31. The molecule has 1 rings (SSSR count). The Morgan fingerprint density at radius 1 is 1.38 bits per heavy atom. The van der Waals surface area contributed by atoms with Crippen LogP contribution in [0.25, 0.3) is 0 Å². The largest absolute Gasteiger partial charge is 0.481 e. The Labute approximate surface area is 90.8 Å². The lowest BCUT2D eigenvalue weighted by atomic mass is 10.3. The smallest absolute Gasteiger partial charge is 0.306 e. The number of ether oxygens (including phenoxy) is 1. The summed E-state index contributed by atoms with van der Waals surface area (Å²) in [5.74, 6) is -1.19. The highest BCUT2D eigenvalue weighted by Crippen LogP contribution is 2.07. The molecule has 0 aromatic carbocycles. The third kappa shape index (κ3) is 3.95. The first-order valence-corrected chi connectivity index (χ1v) is 4.53. The van der Waals surface area contributed by atoms with Crippen molar-refractivity contribution in [3.05, 3.63) is 23.7 Å². The van der Waals surface area contributed by atoms with Gasteiger partial charge in [0.15, 0.2) is 12.0 Å². The van der Waals surface area contributed by atoms with E-state index in [0.29, 0.717) is 12.0 Å². The van der Waals surface area contributed by atoms with Gasteiger partial charge in [0.05, 0.1) is 12.8 Å². The number of carboxylic acids is 1. The number of aldehydes is 1. The highest BCUT2D eigenvalue weighted by molar-refractivity contribution is 5.76. The molecule has 1 aromatic rings. The van der Waals surface area contributed by atoms with Gasteiger partial charge >= 0.3 is 11.9 Å². The fraction of sp³-hybridized carbons (Fsp3) is 0.300. The van der Waals surface area contributed by atoms with Crippen LogP contribution < -0.4 is 0 Å². The van der Waals surface area contributed by atoms with Crippen molar-refractivity contribution in [2.45, 2.75) is 19.4 Å². The second-order valence-electron chi connectivity index (χ2n) is 2.98. The zero-order valence-corrected chi connectivity index (χ0v) is 8.34. The molecule has 0 bridgehead atoms. The number of esters is 1. The summed E-state index contributed by atoms with van der Waals surface area (Å²) in [5, 5.41) is 8.32. The van der Waals surface area contributed by atoms with Gasteiger partial charge in [-0.25, -0.2) is 0 Å². The molecule has 0 saturated carbocycles. The summed E-state index contributed by atoms with van der Waals surface area (Å²) in [6, 6.07) is 2.96. The second-order valence-corrected chi connectivity index (χ2v) is 2.98. The number of carbonyl (C=O) groups is 3. The molecule has 0 fully saturated rings. The average Bonchev–Trinajstić information content (AvgIpc) is 2.71. The number of rotatable bonds is 6. The van der Waals surface area contributed by atoms with Crippen molar-refractivity contribution >= 4 is 18.2 Å². The normalized spacial score (nSPS) is 9.75. The maximum atomic E-state index is 11.0. The molecule has 86 valence electrons. The van der Waals surface area contributed by atoms with Crippen LogP contribution in [0.2, 0.25) is 0 Å². The standard InChI is InChI=1S/C10H10O6/c11-5-7-1-2-8(16-7)6-15-10(14)4-3-9(12)13/h1-2,5H,3-4,6H2,(H,12,13). The molecule has 1 heterocycles. The molecule has 0 aliphatic rings. The van der Waals surface area contributed by atoms with E-state index in [-0.39, 0.29) is 25.2 Å². The van der Waals surface area contributed by atoms with Crippen LogP contribution in [0.15, 0.2) is 16.5 Å². The van der Waals surface area contributed by atoms with E-state index < -0.39 is 11.9 Å². The van der Waals surface area contributed by atoms with E-state index in [1.165, 1.54) is 12.1 Å². The van der Waals surface area contributed by atoms with Crippen molar-refractivity contribution in [3.8, 4) is 0 Å². The lowest BCUT2D eigenvalue weighted by Gasteiger charge is -2.00. The monoisotopic (exact) mass is 226 g/mol. The molecule has 0 radical (unpaired) electrons. The molecule has 0 saturated heterocycles. The van der Waals surface area contributed by atoms with Gasteiger partial charge in [-0.05, 0) is 12.1 Å². The van der Waals surface area contributed by atoms with E-state index in [4.69, 9.17) is 14.3 Å². The maximum Gasteiger partial charge on any atom is 0.306 e. The molecule has 1 aromatic heterocycles. The molecular formula is C10H10O6. The highest BCUT2D eigenvalue weighted by Gasteiger charge is 2.08. The van der Waals surface area contributed by atoms with Gasteiger partial charge in [-0.3, -0.25) is 14.4 Å². The van der Waals surface area contributed by atoms with Gasteiger partial charge in [0.1, 0.15) is 12.4 Å². The van der Waals surface area contributed by atoms with Crippen molar-refractivity contribution < 1.29 is 28.6 Å². The Bertz CT molecular complexity index is 392. The molecule has 0 atom stereocenters. The van der Waals surface area contributed by atoms with E-state index >= 15 is 0 Å². The lowest BCUT2D eigenvalue weighted by molar-refractivity contribution is -0.149. The maximum absolute atomic E-state index is 11.0. The molecule has 0 aliphatic carbocycles. The minimum absolute atomic E-state index is 0.105. The van der Waals surface area contributed by atoms with Gasteiger partial charge < -0.3 is 14.3 Å². The minimum Gasteiger partial charge on any atom is -0.481 e. The molecule has 16 heavy (non-hydrogen) atoms. The van der Waals surface area contributed by atoms with E-state index in [1.807, 2.05) is 0 Å². The molecule has 1 N–H and O–H groups in total. The number of hydrogen-bond donors (Lipinski definition) is 1. The van der Waals surface area contributed by atoms with Crippen molar-refractivity contribution in [2.75, 3.05) is 0 Å². The van der Waals surface area contributed by atoms with Gasteiger partial charge in [-0.15, -0.1) is 0 Å². The number of furan rings is 1. The molecular weight excluding hydrogens is 216 g/mol. The molecule has 6 heteroatoms. The third-order valence-electron chi connectivity index (χ3n) is 1.72. The highest BCUT2D eigenvalue weighted by atomic mass is 16.5. The van der Waals surface area contributed by atoms with Crippen LogP contribution in [0.5, 0.6) is 0 Å². The van der Waals surface area contributed by atoms with E-state index in [0.717, 1.165) is 0 Å². The summed E-state index contributed by atoms with van der Waals surface area (Å²) in [6.45, 7) is -0.105. The number of hydrogen-bond acceptors (Lipinski definition) is 5. The van der Waals surface area contributed by atoms with Crippen LogP contribution in [-0.4, -0.2) is 23.3 Å². The summed E-state index contributed by atoms with van der Waals surface area (Å²) in [4.78, 5) is 31.4. The summed E-state index contributed by atoms with van der Waals surface area (Å²) in [6.07, 6.45) is 0.0862. The molecule has 0 unspecified atom stereocenters. The van der Waals surface area contributed by atoms with Crippen molar-refractivity contribution in [1.82, 2.24) is 0 Å². The quantitative estimate of drug-likeness (QED) is 0.574. The fourth-order valence-corrected chi connectivity index (χ4v) is 0.968. The van der Waals surface area contributed by atoms with Gasteiger partial charge in [0, 0.05) is 0 Å². The average molecular weight is 226 g/mol. The van der Waals surface area contributed by atoms with Crippen LogP contribution in [0, 0.1) is 0 Å². The molecule has 0 aliphatic heterocycles. The fourth-order valence-electron chi connectivity index (χ4n) is 0.968. The lowest BCUT2D eigenvalue weighted by Crippen LogP contribution is -2.07. The molecule has 6 nitrogen and oxygen atoms in total. The minimum atomic E-state index is -1.06. The van der Waals surface area contributed by atoms with E-state index in [1.54, 1.807) is 0 Å². The third-order valence-corrected chi connectivity index (χ3v) is 1.72. The predicted octanol–water partition coefficient (Wildman–Crippen LogP) is 1.00. The number of carboxylic acid groups (broad SMARTS) is 1. The van der Waals surface area contributed by atoms with E-state index in [2.05, 4.69) is 0 Å². The number of carbonyl (C=O) groups excluding carboxylic acids is 2. The summed E-state index contributed by atoms with van der Waals surface area (Å²) < 4.78 is 9.67. The van der Waals surface area contributed by atoms with Crippen molar-refractivity contribution in [1.29, 1.82) is 0 Å². The van der Waals surface area contributed by atoms with Gasteiger partial charge in [0.2, 0.25) is 0 Å². The Kier molecular flexibility index (Phi) is 4.26. The zero-order chi connectivity index (χ0) is 12.0. The van der Waals surface area contributed by atoms with Crippen molar-refractivity contribution in [2.24, 2.45) is 0 Å². The first-order chi connectivity index (χ1) is 7.61. The Morgan fingerprint density at radius 3 is 2.69 bits per heavy atom. The van der Waals surface area contributed by atoms with Crippen molar-refractivity contribution in [3.63, 3.8) is 0 Å². The van der Waals surface area contributed by atoms with Gasteiger partial charge in [-0.1, -0.05) is 0 Å². The van der Waals surface area contributed by atoms with Crippen LogP contribution in [-0.2, 0) is 20.9 Å². The topological polar surface area (TPSA) is 93.8 Å². The SMILES string of the molecule is O=Cc1ccc(COC(=O)CCC(=O)O)o1. The van der Waals surface area contributed by atoms with Crippen LogP contribution >= 0.6 is 0 Å². The second kappa shape index (κ2) is 5.69. The number of aliphatic carboxylic acids is 1. The predicted molar refractivity (Wildman–Crippen MR) is 50.8 cm³/mol. The molecule has 0 spiro atoms. The zero-order valence-electron chi connectivity index (χ0n) is 8.34. The van der Waals surface area contributed by atoms with Crippen LogP contribution in [0.4, 0.5) is 0 Å². The summed E-state index contributed by atoms with van der Waals surface area (Å²) in [7, 11) is 0. The summed E-state index contributed by atoms with van der Waals surface area (Å²) >= 11 is 0.